The first kappa shape index (κ1) is 23.2. The van der Waals surface area contributed by atoms with Crippen LogP contribution >= 0.6 is 0 Å². The number of amides is 1. The Kier molecular flexibility index (Phi) is 6.96. The van der Waals surface area contributed by atoms with Crippen LogP contribution in [-0.2, 0) is 14.8 Å². The number of nitrogens with zero attached hydrogens (tertiary/aromatic N) is 1. The highest BCUT2D eigenvalue weighted by Gasteiger charge is 2.34. The number of carbonyl (C=O) groups excluding carboxylic acids is 1. The van der Waals surface area contributed by atoms with E-state index < -0.39 is 15.9 Å². The number of benzene rings is 3. The summed E-state index contributed by atoms with van der Waals surface area (Å²) in [6.45, 7) is 4.58. The maximum atomic E-state index is 13.4. The highest BCUT2D eigenvalue weighted by molar-refractivity contribution is 7.89. The van der Waals surface area contributed by atoms with Crippen molar-refractivity contribution in [3.63, 3.8) is 0 Å². The van der Waals surface area contributed by atoms with E-state index in [1.807, 2.05) is 62.4 Å². The number of nitrogens with one attached hydrogen (secondary N) is 1. The molecule has 1 N–H and O–H groups in total. The van der Waals surface area contributed by atoms with Gasteiger partial charge in [0, 0.05) is 13.1 Å². The van der Waals surface area contributed by atoms with Crippen LogP contribution in [0.4, 0.5) is 0 Å². The van der Waals surface area contributed by atoms with Crippen LogP contribution in [0.2, 0.25) is 0 Å². The molecule has 0 aliphatic carbocycles. The number of carbonyl (C=O) groups is 1. The molecule has 1 aliphatic rings. The summed E-state index contributed by atoms with van der Waals surface area (Å²) in [6, 6.07) is 24.6. The van der Waals surface area contributed by atoms with Crippen LogP contribution in [0, 0.1) is 19.8 Å². The first-order valence-electron chi connectivity index (χ1n) is 11.3. The van der Waals surface area contributed by atoms with Gasteiger partial charge in [-0.2, -0.15) is 4.31 Å². The lowest BCUT2D eigenvalue weighted by molar-refractivity contribution is -0.126. The zero-order valence-corrected chi connectivity index (χ0v) is 19.9. The molecule has 0 radical (unpaired) electrons. The van der Waals surface area contributed by atoms with Gasteiger partial charge in [-0.05, 0) is 49.9 Å². The van der Waals surface area contributed by atoms with E-state index in [0.717, 1.165) is 22.3 Å². The van der Waals surface area contributed by atoms with Crippen molar-refractivity contribution in [1.82, 2.24) is 9.62 Å². The lowest BCUT2D eigenvalue weighted by atomic mass is 9.94. The van der Waals surface area contributed by atoms with Crippen LogP contribution < -0.4 is 5.32 Å². The SMILES string of the molecule is Cc1ccc(S(=O)(=O)N2CCC[C@H](C(=O)N[C@H](c3ccccc3)c3cccc(C)c3)C2)cc1. The first-order valence-corrected chi connectivity index (χ1v) is 12.8. The van der Waals surface area contributed by atoms with E-state index in [0.29, 0.717) is 19.4 Å². The minimum Gasteiger partial charge on any atom is -0.345 e. The quantitative estimate of drug-likeness (QED) is 0.582. The second kappa shape index (κ2) is 9.89. The third kappa shape index (κ3) is 5.34. The lowest BCUT2D eigenvalue weighted by Gasteiger charge is -2.32. The summed E-state index contributed by atoms with van der Waals surface area (Å²) in [4.78, 5) is 13.6. The topological polar surface area (TPSA) is 66.5 Å². The fourth-order valence-corrected chi connectivity index (χ4v) is 5.87. The molecule has 1 aliphatic heterocycles. The molecule has 1 saturated heterocycles. The van der Waals surface area contributed by atoms with Crippen molar-refractivity contribution in [2.45, 2.75) is 37.6 Å². The van der Waals surface area contributed by atoms with Gasteiger partial charge in [-0.3, -0.25) is 4.79 Å². The Labute approximate surface area is 196 Å². The van der Waals surface area contributed by atoms with Gasteiger partial charge in [-0.25, -0.2) is 8.42 Å². The van der Waals surface area contributed by atoms with Crippen LogP contribution in [0.25, 0.3) is 0 Å². The molecule has 0 bridgehead atoms. The summed E-state index contributed by atoms with van der Waals surface area (Å²) in [5.74, 6) is -0.510. The van der Waals surface area contributed by atoms with E-state index in [-0.39, 0.29) is 23.4 Å². The van der Waals surface area contributed by atoms with Crippen molar-refractivity contribution in [2.24, 2.45) is 5.92 Å². The van der Waals surface area contributed by atoms with Gasteiger partial charge in [0.1, 0.15) is 0 Å². The Morgan fingerprint density at radius 1 is 0.909 bits per heavy atom. The third-order valence-electron chi connectivity index (χ3n) is 6.21. The zero-order chi connectivity index (χ0) is 23.4. The molecule has 5 nitrogen and oxygen atoms in total. The summed E-state index contributed by atoms with van der Waals surface area (Å²) >= 11 is 0. The molecule has 2 atom stereocenters. The summed E-state index contributed by atoms with van der Waals surface area (Å²) in [7, 11) is -3.63. The van der Waals surface area contributed by atoms with E-state index in [4.69, 9.17) is 0 Å². The molecule has 0 saturated carbocycles. The number of aryl methyl sites for hydroxylation is 2. The molecule has 0 spiro atoms. The number of rotatable bonds is 6. The molecule has 0 aromatic heterocycles. The molecule has 33 heavy (non-hydrogen) atoms. The van der Waals surface area contributed by atoms with Crippen LogP contribution in [0.5, 0.6) is 0 Å². The largest absolute Gasteiger partial charge is 0.345 e. The van der Waals surface area contributed by atoms with Gasteiger partial charge in [-0.1, -0.05) is 77.9 Å². The van der Waals surface area contributed by atoms with Gasteiger partial charge in [0.25, 0.3) is 0 Å². The van der Waals surface area contributed by atoms with E-state index in [1.165, 1.54) is 4.31 Å². The molecule has 1 amide bonds. The average molecular weight is 463 g/mol. The van der Waals surface area contributed by atoms with Crippen molar-refractivity contribution in [3.05, 3.63) is 101 Å². The molecule has 3 aromatic rings. The van der Waals surface area contributed by atoms with E-state index in [1.54, 1.807) is 24.3 Å². The van der Waals surface area contributed by atoms with Crippen LogP contribution in [0.3, 0.4) is 0 Å². The smallest absolute Gasteiger partial charge is 0.243 e. The Morgan fingerprint density at radius 3 is 2.30 bits per heavy atom. The van der Waals surface area contributed by atoms with Gasteiger partial charge < -0.3 is 5.32 Å². The zero-order valence-electron chi connectivity index (χ0n) is 19.1. The summed E-state index contributed by atoms with van der Waals surface area (Å²) in [5.41, 5.74) is 4.13. The summed E-state index contributed by atoms with van der Waals surface area (Å²) in [6.07, 6.45) is 1.32. The fourth-order valence-electron chi connectivity index (χ4n) is 4.35. The van der Waals surface area contributed by atoms with Crippen molar-refractivity contribution >= 4 is 15.9 Å². The molecule has 3 aromatic carbocycles. The highest BCUT2D eigenvalue weighted by Crippen LogP contribution is 2.27. The number of piperidine rings is 1. The summed E-state index contributed by atoms with van der Waals surface area (Å²) in [5, 5.41) is 3.21. The molecule has 1 heterocycles. The van der Waals surface area contributed by atoms with Crippen LogP contribution in [0.15, 0.2) is 83.8 Å². The van der Waals surface area contributed by atoms with E-state index in [2.05, 4.69) is 11.4 Å². The Morgan fingerprint density at radius 2 is 1.61 bits per heavy atom. The van der Waals surface area contributed by atoms with Gasteiger partial charge in [0.05, 0.1) is 16.9 Å². The Balaban J connectivity index is 1.54. The summed E-state index contributed by atoms with van der Waals surface area (Å²) < 4.78 is 27.8. The minimum absolute atomic E-state index is 0.117. The molecular weight excluding hydrogens is 432 g/mol. The van der Waals surface area contributed by atoms with Gasteiger partial charge in [0.15, 0.2) is 0 Å². The molecule has 1 fully saturated rings. The van der Waals surface area contributed by atoms with Gasteiger partial charge >= 0.3 is 0 Å². The third-order valence-corrected chi connectivity index (χ3v) is 8.09. The second-order valence-electron chi connectivity index (χ2n) is 8.78. The average Bonchev–Trinajstić information content (AvgIpc) is 2.83. The number of hydrogen-bond donors (Lipinski definition) is 1. The van der Waals surface area contributed by atoms with Crippen LogP contribution in [-0.4, -0.2) is 31.7 Å². The monoisotopic (exact) mass is 462 g/mol. The number of hydrogen-bond acceptors (Lipinski definition) is 3. The van der Waals surface area contributed by atoms with Crippen molar-refractivity contribution < 1.29 is 13.2 Å². The second-order valence-corrected chi connectivity index (χ2v) is 10.7. The molecular formula is C27H30N2O3S. The molecule has 4 rings (SSSR count). The predicted octanol–water partition coefficient (Wildman–Crippen LogP) is 4.61. The minimum atomic E-state index is -3.63. The van der Waals surface area contributed by atoms with E-state index in [9.17, 15) is 13.2 Å². The van der Waals surface area contributed by atoms with E-state index >= 15 is 0 Å². The Hall–Kier alpha value is -2.96. The van der Waals surface area contributed by atoms with Crippen LogP contribution in [0.1, 0.15) is 41.1 Å². The maximum Gasteiger partial charge on any atom is 0.243 e. The lowest BCUT2D eigenvalue weighted by Crippen LogP contribution is -2.46. The molecule has 0 unspecified atom stereocenters. The fraction of sp³-hybridized carbons (Fsp3) is 0.296. The van der Waals surface area contributed by atoms with Crippen molar-refractivity contribution in [3.8, 4) is 0 Å². The van der Waals surface area contributed by atoms with Gasteiger partial charge in [0.2, 0.25) is 15.9 Å². The first-order chi connectivity index (χ1) is 15.8. The normalized spacial score (nSPS) is 17.9. The van der Waals surface area contributed by atoms with Gasteiger partial charge in [-0.15, -0.1) is 0 Å². The van der Waals surface area contributed by atoms with Crippen molar-refractivity contribution in [1.29, 1.82) is 0 Å². The molecule has 172 valence electrons. The Bertz CT molecular complexity index is 1210. The number of sulfonamides is 1. The standard InChI is InChI=1S/C27H30N2O3S/c1-20-13-15-25(16-14-20)33(31,32)29-17-7-12-24(19-29)27(30)28-26(22-9-4-3-5-10-22)23-11-6-8-21(2)18-23/h3-6,8-11,13-16,18,24,26H,7,12,17,19H2,1-2H3,(H,28,30)/t24-,26+/m0/s1. The predicted molar refractivity (Wildman–Crippen MR) is 130 cm³/mol. The maximum absolute atomic E-state index is 13.4. The van der Waals surface area contributed by atoms with Crippen molar-refractivity contribution in [2.75, 3.05) is 13.1 Å². The molecule has 6 heteroatoms. The highest BCUT2D eigenvalue weighted by atomic mass is 32.2.